The number of likely N-dealkylation sites (N-methyl/N-ethyl adjacent to an activating group) is 1. The number of allylic oxidation sites excluding steroid dienone is 1. The van der Waals surface area contributed by atoms with Crippen LogP contribution in [-0.4, -0.2) is 52.0 Å². The maximum Gasteiger partial charge on any atom is 0.256 e. The van der Waals surface area contributed by atoms with E-state index < -0.39 is 0 Å². The summed E-state index contributed by atoms with van der Waals surface area (Å²) in [6.45, 7) is 3.63. The highest BCUT2D eigenvalue weighted by molar-refractivity contribution is 6.31. The molecule has 0 aromatic heterocycles. The van der Waals surface area contributed by atoms with Crippen molar-refractivity contribution in [3.8, 4) is 11.5 Å². The first-order valence-electron chi connectivity index (χ1n) is 11.7. The molecule has 6 heteroatoms. The van der Waals surface area contributed by atoms with Crippen LogP contribution in [0.15, 0.2) is 78.9 Å². The van der Waals surface area contributed by atoms with Gasteiger partial charge in [-0.3, -0.25) is 4.79 Å². The minimum atomic E-state index is -0.184. The fraction of sp³-hybridized carbons (Fsp3) is 0.276. The smallest absolute Gasteiger partial charge is 0.256 e. The van der Waals surface area contributed by atoms with Crippen molar-refractivity contribution in [3.05, 3.63) is 90.0 Å². The molecule has 0 aliphatic carbocycles. The van der Waals surface area contributed by atoms with Crippen molar-refractivity contribution in [1.82, 2.24) is 4.90 Å². The molecule has 0 radical (unpaired) electrons. The molecule has 0 saturated carbocycles. The lowest BCUT2D eigenvalue weighted by Gasteiger charge is -2.17. The summed E-state index contributed by atoms with van der Waals surface area (Å²) in [7, 11) is 5.59. The van der Waals surface area contributed by atoms with Gasteiger partial charge in [0.25, 0.3) is 5.91 Å². The van der Waals surface area contributed by atoms with Gasteiger partial charge in [-0.15, -0.1) is 0 Å². The monoisotopic (exact) mass is 474 g/mol. The Balaban J connectivity index is 1.91. The van der Waals surface area contributed by atoms with E-state index in [1.807, 2.05) is 93.0 Å². The zero-order valence-electron chi connectivity index (χ0n) is 20.9. The van der Waals surface area contributed by atoms with Gasteiger partial charge in [-0.05, 0) is 73.6 Å². The molecule has 184 valence electrons. The minimum absolute atomic E-state index is 0.136. The molecular weight excluding hydrogens is 440 g/mol. The van der Waals surface area contributed by atoms with Crippen molar-refractivity contribution in [2.24, 2.45) is 0 Å². The van der Waals surface area contributed by atoms with Gasteiger partial charge in [0.1, 0.15) is 18.1 Å². The van der Waals surface area contributed by atoms with E-state index >= 15 is 0 Å². The average Bonchev–Trinajstić information content (AvgIpc) is 2.87. The number of anilines is 1. The molecule has 0 aliphatic heterocycles. The molecule has 6 nitrogen and oxygen atoms in total. The van der Waals surface area contributed by atoms with Crippen LogP contribution in [0.2, 0.25) is 0 Å². The third kappa shape index (κ3) is 7.70. The van der Waals surface area contributed by atoms with Crippen LogP contribution >= 0.6 is 0 Å². The topological polar surface area (TPSA) is 60.0 Å². The minimum Gasteiger partial charge on any atom is -0.492 e. The Hall–Kier alpha value is -3.61. The molecule has 3 aromatic rings. The van der Waals surface area contributed by atoms with Crippen LogP contribution in [0.4, 0.5) is 5.69 Å². The maximum atomic E-state index is 13.7. The van der Waals surface area contributed by atoms with Gasteiger partial charge in [-0.1, -0.05) is 49.4 Å². The molecule has 0 saturated heterocycles. The lowest BCUT2D eigenvalue weighted by atomic mass is 9.92. The summed E-state index contributed by atoms with van der Waals surface area (Å²) in [4.78, 5) is 15.7. The third-order valence-electron chi connectivity index (χ3n) is 5.39. The number of carbonyl (C=O) groups is 1. The molecule has 0 aliphatic rings. The van der Waals surface area contributed by atoms with E-state index in [9.17, 15) is 4.79 Å². The Labute approximate surface area is 208 Å². The first kappa shape index (κ1) is 26.0. The molecule has 0 heterocycles. The van der Waals surface area contributed by atoms with Crippen LogP contribution in [0.1, 0.15) is 24.5 Å². The SMILES string of the molecule is CCC(=C(C(=O)Nc1ccc(OCCN(C)C)cc1)c1cccc(OCOC)c1)c1ccccc1. The Bertz CT molecular complexity index is 1110. The molecule has 3 rings (SSSR count). The highest BCUT2D eigenvalue weighted by Crippen LogP contribution is 2.32. The number of nitrogens with one attached hydrogen (secondary N) is 1. The summed E-state index contributed by atoms with van der Waals surface area (Å²) in [5.74, 6) is 1.22. The summed E-state index contributed by atoms with van der Waals surface area (Å²) in [5, 5.41) is 3.06. The second-order valence-corrected chi connectivity index (χ2v) is 8.28. The number of methoxy groups -OCH3 is 1. The van der Waals surface area contributed by atoms with E-state index in [0.717, 1.165) is 29.0 Å². The number of ether oxygens (including phenoxy) is 3. The van der Waals surface area contributed by atoms with Gasteiger partial charge in [-0.25, -0.2) is 0 Å². The summed E-state index contributed by atoms with van der Waals surface area (Å²) in [5.41, 5.74) is 4.04. The number of amides is 1. The second-order valence-electron chi connectivity index (χ2n) is 8.28. The van der Waals surface area contributed by atoms with E-state index in [-0.39, 0.29) is 12.7 Å². The molecule has 0 spiro atoms. The summed E-state index contributed by atoms with van der Waals surface area (Å²) in [6, 6.07) is 24.9. The zero-order chi connectivity index (χ0) is 25.0. The first-order valence-corrected chi connectivity index (χ1v) is 11.7. The second kappa shape index (κ2) is 13.3. The van der Waals surface area contributed by atoms with Crippen LogP contribution in [0.25, 0.3) is 11.1 Å². The number of hydrogen-bond acceptors (Lipinski definition) is 5. The lowest BCUT2D eigenvalue weighted by molar-refractivity contribution is -0.111. The number of benzene rings is 3. The van der Waals surface area contributed by atoms with Crippen molar-refractivity contribution in [2.75, 3.05) is 46.5 Å². The van der Waals surface area contributed by atoms with Gasteiger partial charge in [0.15, 0.2) is 6.79 Å². The Kier molecular flexibility index (Phi) is 9.90. The number of hydrogen-bond donors (Lipinski definition) is 1. The van der Waals surface area contributed by atoms with Gasteiger partial charge in [0.2, 0.25) is 0 Å². The molecule has 0 atom stereocenters. The molecule has 35 heavy (non-hydrogen) atoms. The van der Waals surface area contributed by atoms with E-state index in [0.29, 0.717) is 30.0 Å². The summed E-state index contributed by atoms with van der Waals surface area (Å²) in [6.07, 6.45) is 0.689. The molecule has 3 aromatic carbocycles. The van der Waals surface area contributed by atoms with Crippen molar-refractivity contribution in [3.63, 3.8) is 0 Å². The normalized spacial score (nSPS) is 11.7. The van der Waals surface area contributed by atoms with E-state index in [1.165, 1.54) is 0 Å². The third-order valence-corrected chi connectivity index (χ3v) is 5.39. The van der Waals surface area contributed by atoms with Crippen molar-refractivity contribution in [1.29, 1.82) is 0 Å². The van der Waals surface area contributed by atoms with Crippen molar-refractivity contribution in [2.45, 2.75) is 13.3 Å². The van der Waals surface area contributed by atoms with E-state index in [1.54, 1.807) is 7.11 Å². The van der Waals surface area contributed by atoms with Crippen LogP contribution < -0.4 is 14.8 Å². The number of carbonyl (C=O) groups excluding carboxylic acids is 1. The van der Waals surface area contributed by atoms with Gasteiger partial charge in [-0.2, -0.15) is 0 Å². The molecule has 0 fully saturated rings. The number of rotatable bonds is 12. The van der Waals surface area contributed by atoms with Gasteiger partial charge >= 0.3 is 0 Å². The van der Waals surface area contributed by atoms with Gasteiger partial charge in [0.05, 0.1) is 5.57 Å². The fourth-order valence-corrected chi connectivity index (χ4v) is 3.65. The van der Waals surface area contributed by atoms with Gasteiger partial charge in [0, 0.05) is 19.3 Å². The van der Waals surface area contributed by atoms with Crippen molar-refractivity contribution >= 4 is 22.7 Å². The quantitative estimate of drug-likeness (QED) is 0.211. The summed E-state index contributed by atoms with van der Waals surface area (Å²) >= 11 is 0. The Morgan fingerprint density at radius 2 is 1.57 bits per heavy atom. The van der Waals surface area contributed by atoms with Gasteiger partial charge < -0.3 is 24.4 Å². The molecule has 1 amide bonds. The Morgan fingerprint density at radius 3 is 2.23 bits per heavy atom. The summed E-state index contributed by atoms with van der Waals surface area (Å²) < 4.78 is 16.4. The number of nitrogens with zero attached hydrogens (tertiary/aromatic N) is 1. The van der Waals surface area contributed by atoms with E-state index in [4.69, 9.17) is 14.2 Å². The van der Waals surface area contributed by atoms with Crippen LogP contribution in [0, 0.1) is 0 Å². The molecule has 1 N–H and O–H groups in total. The van der Waals surface area contributed by atoms with Crippen LogP contribution in [-0.2, 0) is 9.53 Å². The van der Waals surface area contributed by atoms with E-state index in [2.05, 4.69) is 17.1 Å². The molecular formula is C29H34N2O4. The lowest BCUT2D eigenvalue weighted by Crippen LogP contribution is -2.19. The van der Waals surface area contributed by atoms with Crippen molar-refractivity contribution < 1.29 is 19.0 Å². The maximum absolute atomic E-state index is 13.7. The average molecular weight is 475 g/mol. The zero-order valence-corrected chi connectivity index (χ0v) is 20.9. The first-order chi connectivity index (χ1) is 17.0. The standard InChI is InChI=1S/C29H34N2O4/c1-5-27(22-10-7-6-8-11-22)28(23-12-9-13-26(20-23)35-21-33-4)29(32)30-24-14-16-25(17-15-24)34-19-18-31(2)3/h6-17,20H,5,18-19,21H2,1-4H3,(H,30,32). The largest absolute Gasteiger partial charge is 0.492 e. The molecule has 0 bridgehead atoms. The Morgan fingerprint density at radius 1 is 0.857 bits per heavy atom. The predicted molar refractivity (Wildman–Crippen MR) is 142 cm³/mol. The highest BCUT2D eigenvalue weighted by Gasteiger charge is 2.19. The fourth-order valence-electron chi connectivity index (χ4n) is 3.65. The predicted octanol–water partition coefficient (Wildman–Crippen LogP) is 5.57. The van der Waals surface area contributed by atoms with Crippen LogP contribution in [0.3, 0.4) is 0 Å². The highest BCUT2D eigenvalue weighted by atomic mass is 16.7. The molecule has 0 unspecified atom stereocenters. The van der Waals surface area contributed by atoms with Crippen LogP contribution in [0.5, 0.6) is 11.5 Å².